The Morgan fingerprint density at radius 2 is 1.75 bits per heavy atom. The molecule has 0 radical (unpaired) electrons. The topological polar surface area (TPSA) is 61.2 Å². The van der Waals surface area contributed by atoms with Gasteiger partial charge in [-0.1, -0.05) is 19.3 Å². The van der Waals surface area contributed by atoms with Gasteiger partial charge >= 0.3 is 5.97 Å². The molecular weight excluding hydrogens is 154 g/mol. The molecule has 0 saturated carbocycles. The van der Waals surface area contributed by atoms with Crippen molar-refractivity contribution >= 4 is 12.2 Å². The van der Waals surface area contributed by atoms with E-state index in [9.17, 15) is 4.79 Å². The van der Waals surface area contributed by atoms with Crippen LogP contribution >= 0.6 is 0 Å². The highest BCUT2D eigenvalue weighted by Crippen LogP contribution is 2.06. The lowest BCUT2D eigenvalue weighted by atomic mass is 10.1. The second kappa shape index (κ2) is 8.24. The first-order chi connectivity index (χ1) is 5.77. The molecule has 0 aromatic rings. The summed E-state index contributed by atoms with van der Waals surface area (Å²) in [7, 11) is 0. The van der Waals surface area contributed by atoms with Gasteiger partial charge < -0.3 is 10.5 Å². The first-order valence-electron chi connectivity index (χ1n) is 4.48. The number of nitrogens with one attached hydrogen (secondary N) is 1. The van der Waals surface area contributed by atoms with Crippen LogP contribution in [0.3, 0.4) is 0 Å². The standard InChI is InChI=1S/C9H17NO2/c10-8-6-4-2-1-3-5-7-9(11)12/h8,10H,1-7H2,(H,11,12). The predicted molar refractivity (Wildman–Crippen MR) is 48.7 cm³/mol. The molecule has 70 valence electrons. The fourth-order valence-electron chi connectivity index (χ4n) is 1.05. The molecule has 0 spiro atoms. The highest BCUT2D eigenvalue weighted by Gasteiger charge is 1.95. The molecule has 0 aromatic carbocycles. The number of rotatable bonds is 8. The molecule has 0 aliphatic heterocycles. The summed E-state index contributed by atoms with van der Waals surface area (Å²) in [6.07, 6.45) is 7.66. The van der Waals surface area contributed by atoms with Gasteiger partial charge in [-0.25, -0.2) is 0 Å². The molecule has 2 N–H and O–H groups in total. The normalized spacial score (nSPS) is 9.67. The molecule has 0 heterocycles. The molecule has 0 rings (SSSR count). The van der Waals surface area contributed by atoms with Gasteiger partial charge in [0.1, 0.15) is 0 Å². The maximum atomic E-state index is 10.1. The zero-order chi connectivity index (χ0) is 9.23. The van der Waals surface area contributed by atoms with Crippen LogP contribution in [0.15, 0.2) is 0 Å². The Balaban J connectivity index is 2.90. The van der Waals surface area contributed by atoms with Gasteiger partial charge in [-0.15, -0.1) is 0 Å². The Bertz CT molecular complexity index is 134. The number of aliphatic carboxylic acids is 1. The van der Waals surface area contributed by atoms with Gasteiger partial charge in [-0.3, -0.25) is 4.79 Å². The summed E-state index contributed by atoms with van der Waals surface area (Å²) in [5, 5.41) is 15.1. The quantitative estimate of drug-likeness (QED) is 0.435. The fraction of sp³-hybridized carbons (Fsp3) is 0.778. The molecule has 0 aromatic heterocycles. The summed E-state index contributed by atoms with van der Waals surface area (Å²) in [5.41, 5.74) is 0. The van der Waals surface area contributed by atoms with Crippen molar-refractivity contribution in [2.45, 2.75) is 44.9 Å². The molecule has 3 heteroatoms. The molecule has 0 aliphatic carbocycles. The zero-order valence-electron chi connectivity index (χ0n) is 7.38. The molecule has 12 heavy (non-hydrogen) atoms. The van der Waals surface area contributed by atoms with Crippen LogP contribution in [-0.2, 0) is 4.79 Å². The molecule has 0 amide bonds. The van der Waals surface area contributed by atoms with Crippen molar-refractivity contribution in [3.05, 3.63) is 0 Å². The van der Waals surface area contributed by atoms with Crippen molar-refractivity contribution in [1.82, 2.24) is 0 Å². The van der Waals surface area contributed by atoms with Crippen LogP contribution < -0.4 is 0 Å². The number of unbranched alkanes of at least 4 members (excludes halogenated alkanes) is 5. The predicted octanol–water partition coefficient (Wildman–Crippen LogP) is 2.45. The van der Waals surface area contributed by atoms with Gasteiger partial charge in [0.25, 0.3) is 0 Å². The van der Waals surface area contributed by atoms with Crippen molar-refractivity contribution in [1.29, 1.82) is 5.41 Å². The fourth-order valence-corrected chi connectivity index (χ4v) is 1.05. The Morgan fingerprint density at radius 1 is 1.17 bits per heavy atom. The van der Waals surface area contributed by atoms with E-state index in [4.69, 9.17) is 10.5 Å². The van der Waals surface area contributed by atoms with Gasteiger partial charge in [0.2, 0.25) is 0 Å². The van der Waals surface area contributed by atoms with Crippen LogP contribution in [0.2, 0.25) is 0 Å². The van der Waals surface area contributed by atoms with Crippen molar-refractivity contribution in [2.24, 2.45) is 0 Å². The van der Waals surface area contributed by atoms with E-state index in [1.54, 1.807) is 0 Å². The molecule has 0 unspecified atom stereocenters. The molecule has 3 nitrogen and oxygen atoms in total. The smallest absolute Gasteiger partial charge is 0.303 e. The number of carboxylic acid groups (broad SMARTS) is 1. The first-order valence-corrected chi connectivity index (χ1v) is 4.48. The minimum Gasteiger partial charge on any atom is -0.481 e. The van der Waals surface area contributed by atoms with Crippen molar-refractivity contribution in [3.63, 3.8) is 0 Å². The second-order valence-corrected chi connectivity index (χ2v) is 2.90. The minimum atomic E-state index is -0.700. The van der Waals surface area contributed by atoms with Crippen molar-refractivity contribution in [3.8, 4) is 0 Å². The van der Waals surface area contributed by atoms with E-state index in [2.05, 4.69) is 0 Å². The van der Waals surface area contributed by atoms with Gasteiger partial charge in [0.05, 0.1) is 0 Å². The number of hydrogen-bond acceptors (Lipinski definition) is 2. The van der Waals surface area contributed by atoms with E-state index in [1.807, 2.05) is 0 Å². The van der Waals surface area contributed by atoms with Crippen molar-refractivity contribution < 1.29 is 9.90 Å². The first kappa shape index (κ1) is 11.1. The van der Waals surface area contributed by atoms with E-state index in [1.165, 1.54) is 6.21 Å². The van der Waals surface area contributed by atoms with Crippen molar-refractivity contribution in [2.75, 3.05) is 0 Å². The summed E-state index contributed by atoms with van der Waals surface area (Å²) in [5.74, 6) is -0.700. The largest absolute Gasteiger partial charge is 0.481 e. The molecule has 0 aliphatic rings. The van der Waals surface area contributed by atoms with Crippen LogP contribution in [0.4, 0.5) is 0 Å². The van der Waals surface area contributed by atoms with E-state index < -0.39 is 5.97 Å². The third-order valence-corrected chi connectivity index (χ3v) is 1.74. The Labute approximate surface area is 73.3 Å². The van der Waals surface area contributed by atoms with Crippen LogP contribution in [0.5, 0.6) is 0 Å². The third-order valence-electron chi connectivity index (χ3n) is 1.74. The highest BCUT2D eigenvalue weighted by molar-refractivity contribution is 5.66. The minimum absolute atomic E-state index is 0.296. The van der Waals surface area contributed by atoms with Crippen LogP contribution in [0.25, 0.3) is 0 Å². The summed E-state index contributed by atoms with van der Waals surface area (Å²) in [4.78, 5) is 10.1. The lowest BCUT2D eigenvalue weighted by Crippen LogP contribution is -1.93. The average molecular weight is 171 g/mol. The zero-order valence-corrected chi connectivity index (χ0v) is 7.38. The summed E-state index contributed by atoms with van der Waals surface area (Å²) in [6, 6.07) is 0. The lowest BCUT2D eigenvalue weighted by molar-refractivity contribution is -0.137. The molecule has 0 fully saturated rings. The number of carboxylic acids is 1. The average Bonchev–Trinajstić information content (AvgIpc) is 2.02. The van der Waals surface area contributed by atoms with E-state index in [0.29, 0.717) is 6.42 Å². The van der Waals surface area contributed by atoms with Gasteiger partial charge in [-0.2, -0.15) is 0 Å². The molecule has 0 atom stereocenters. The molecule has 0 bridgehead atoms. The van der Waals surface area contributed by atoms with Crippen LogP contribution in [-0.4, -0.2) is 17.3 Å². The second-order valence-electron chi connectivity index (χ2n) is 2.90. The van der Waals surface area contributed by atoms with Gasteiger partial charge in [-0.05, 0) is 25.5 Å². The van der Waals surface area contributed by atoms with Gasteiger partial charge in [0, 0.05) is 6.42 Å². The number of carbonyl (C=O) groups is 1. The Morgan fingerprint density at radius 3 is 2.33 bits per heavy atom. The lowest BCUT2D eigenvalue weighted by Gasteiger charge is -1.97. The molecule has 0 saturated heterocycles. The monoisotopic (exact) mass is 171 g/mol. The van der Waals surface area contributed by atoms with E-state index in [-0.39, 0.29) is 0 Å². The maximum Gasteiger partial charge on any atom is 0.303 e. The maximum absolute atomic E-state index is 10.1. The number of hydrogen-bond donors (Lipinski definition) is 2. The Hall–Kier alpha value is -0.860. The SMILES string of the molecule is N=CCCCCCCCC(=O)O. The highest BCUT2D eigenvalue weighted by atomic mass is 16.4. The van der Waals surface area contributed by atoms with Crippen LogP contribution in [0.1, 0.15) is 44.9 Å². The summed E-state index contributed by atoms with van der Waals surface area (Å²) in [6.45, 7) is 0. The Kier molecular flexibility index (Phi) is 7.65. The summed E-state index contributed by atoms with van der Waals surface area (Å²) < 4.78 is 0. The van der Waals surface area contributed by atoms with Crippen LogP contribution in [0, 0.1) is 5.41 Å². The third kappa shape index (κ3) is 9.14. The summed E-state index contributed by atoms with van der Waals surface area (Å²) >= 11 is 0. The molecular formula is C9H17NO2. The van der Waals surface area contributed by atoms with E-state index in [0.717, 1.165) is 38.5 Å². The van der Waals surface area contributed by atoms with E-state index >= 15 is 0 Å². The van der Waals surface area contributed by atoms with Gasteiger partial charge in [0.15, 0.2) is 0 Å².